The Labute approximate surface area is 134 Å². The van der Waals surface area contributed by atoms with E-state index < -0.39 is 0 Å². The Bertz CT molecular complexity index is 682. The highest BCUT2D eigenvalue weighted by Crippen LogP contribution is 2.25. The van der Waals surface area contributed by atoms with Crippen LogP contribution in [-0.2, 0) is 11.3 Å². The van der Waals surface area contributed by atoms with E-state index >= 15 is 0 Å². The molecule has 0 fully saturated rings. The van der Waals surface area contributed by atoms with E-state index in [1.54, 1.807) is 23.8 Å². The maximum atomic E-state index is 12.1. The molecule has 2 rings (SSSR count). The first kappa shape index (κ1) is 16.5. The number of aryl methyl sites for hydroxylation is 1. The van der Waals surface area contributed by atoms with Gasteiger partial charge in [-0.05, 0) is 44.0 Å². The van der Waals surface area contributed by atoms with E-state index in [0.717, 1.165) is 11.1 Å². The molecule has 2 aromatic heterocycles. The fourth-order valence-corrected chi connectivity index (χ4v) is 2.32. The highest BCUT2D eigenvalue weighted by atomic mass is 35.5. The van der Waals surface area contributed by atoms with Crippen LogP contribution in [-0.4, -0.2) is 33.2 Å². The van der Waals surface area contributed by atoms with E-state index in [-0.39, 0.29) is 17.3 Å². The van der Waals surface area contributed by atoms with E-state index in [2.05, 4.69) is 9.97 Å². The topological polar surface area (TPSA) is 83.0 Å². The molecule has 0 spiro atoms. The Morgan fingerprint density at radius 1 is 1.55 bits per heavy atom. The van der Waals surface area contributed by atoms with Crippen LogP contribution in [0.2, 0.25) is 5.28 Å². The second kappa shape index (κ2) is 6.89. The summed E-state index contributed by atoms with van der Waals surface area (Å²) in [6, 6.07) is 1.65. The van der Waals surface area contributed by atoms with Crippen molar-refractivity contribution < 1.29 is 9.53 Å². The maximum absolute atomic E-state index is 12.1. The second-order valence-corrected chi connectivity index (χ2v) is 5.47. The van der Waals surface area contributed by atoms with Crippen LogP contribution >= 0.6 is 11.6 Å². The molecule has 0 aliphatic heterocycles. The second-order valence-electron chi connectivity index (χ2n) is 5.13. The summed E-state index contributed by atoms with van der Waals surface area (Å²) >= 11 is 5.87. The summed E-state index contributed by atoms with van der Waals surface area (Å²) in [6.07, 6.45) is 3.48. The van der Waals surface area contributed by atoms with Gasteiger partial charge >= 0.3 is 5.97 Å². The van der Waals surface area contributed by atoms with Crippen molar-refractivity contribution in [2.24, 2.45) is 5.73 Å². The summed E-state index contributed by atoms with van der Waals surface area (Å²) in [7, 11) is 0. The van der Waals surface area contributed by atoms with Gasteiger partial charge in [-0.1, -0.05) is 0 Å². The largest absolute Gasteiger partial charge is 0.461 e. The average molecular weight is 323 g/mol. The molecular weight excluding hydrogens is 304 g/mol. The summed E-state index contributed by atoms with van der Waals surface area (Å²) in [6.45, 7) is 6.36. The van der Waals surface area contributed by atoms with Crippen LogP contribution in [0.15, 0.2) is 18.5 Å². The lowest BCUT2D eigenvalue weighted by molar-refractivity contribution is 0.0513. The van der Waals surface area contributed by atoms with Crippen molar-refractivity contribution in [1.29, 1.82) is 0 Å². The number of ether oxygens (including phenoxy) is 1. The molecule has 1 unspecified atom stereocenters. The Hall–Kier alpha value is -1.92. The van der Waals surface area contributed by atoms with Crippen LogP contribution < -0.4 is 5.73 Å². The van der Waals surface area contributed by atoms with Gasteiger partial charge in [0.25, 0.3) is 0 Å². The van der Waals surface area contributed by atoms with E-state index in [1.807, 2.05) is 20.0 Å². The van der Waals surface area contributed by atoms with Gasteiger partial charge in [0.2, 0.25) is 5.28 Å². The van der Waals surface area contributed by atoms with E-state index in [9.17, 15) is 4.79 Å². The number of hydrogen-bond acceptors (Lipinski definition) is 5. The van der Waals surface area contributed by atoms with Crippen LogP contribution in [0.4, 0.5) is 0 Å². The van der Waals surface area contributed by atoms with Gasteiger partial charge in [-0.15, -0.1) is 0 Å². The Morgan fingerprint density at radius 2 is 2.27 bits per heavy atom. The molecule has 0 saturated carbocycles. The zero-order valence-corrected chi connectivity index (χ0v) is 13.6. The number of nitrogens with zero attached hydrogens (tertiary/aromatic N) is 3. The number of nitrogens with two attached hydrogens (primary N) is 1. The quantitative estimate of drug-likeness (QED) is 0.675. The highest BCUT2D eigenvalue weighted by Gasteiger charge is 2.18. The average Bonchev–Trinajstić information content (AvgIpc) is 2.84. The number of carbonyl (C=O) groups excluding carboxylic acids is 1. The van der Waals surface area contributed by atoms with Gasteiger partial charge in [0.1, 0.15) is 5.69 Å². The molecule has 0 amide bonds. The summed E-state index contributed by atoms with van der Waals surface area (Å²) in [5.41, 5.74) is 8.64. The van der Waals surface area contributed by atoms with Gasteiger partial charge in [-0.25, -0.2) is 14.8 Å². The lowest BCUT2D eigenvalue weighted by atomic mass is 10.1. The first-order chi connectivity index (χ1) is 10.4. The molecule has 6 nitrogen and oxygen atoms in total. The Kier molecular flexibility index (Phi) is 5.15. The molecule has 2 N–H and O–H groups in total. The van der Waals surface area contributed by atoms with Crippen molar-refractivity contribution >= 4 is 17.6 Å². The van der Waals surface area contributed by atoms with Crippen molar-refractivity contribution in [3.05, 3.63) is 35.0 Å². The van der Waals surface area contributed by atoms with Gasteiger partial charge in [-0.3, -0.25) is 0 Å². The minimum Gasteiger partial charge on any atom is -0.461 e. The summed E-state index contributed by atoms with van der Waals surface area (Å²) in [5.74, 6) is -0.382. The third kappa shape index (κ3) is 3.64. The maximum Gasteiger partial charge on any atom is 0.354 e. The third-order valence-corrected chi connectivity index (χ3v) is 3.26. The molecule has 0 aliphatic rings. The van der Waals surface area contributed by atoms with Gasteiger partial charge in [0.05, 0.1) is 12.3 Å². The molecule has 0 aromatic carbocycles. The molecule has 7 heteroatoms. The smallest absolute Gasteiger partial charge is 0.354 e. The van der Waals surface area contributed by atoms with Crippen LogP contribution in [0.25, 0.3) is 11.3 Å². The lowest BCUT2D eigenvalue weighted by Gasteiger charge is -2.10. The number of hydrogen-bond donors (Lipinski definition) is 1. The van der Waals surface area contributed by atoms with Gasteiger partial charge in [0, 0.05) is 30.5 Å². The molecule has 2 heterocycles. The van der Waals surface area contributed by atoms with Crippen molar-refractivity contribution in [2.75, 3.05) is 6.61 Å². The Morgan fingerprint density at radius 3 is 2.91 bits per heavy atom. The SMILES string of the molecule is CCOC(=O)c1cc(-c2nc(Cl)ncc2C)cn1CC(C)N. The highest BCUT2D eigenvalue weighted by molar-refractivity contribution is 6.28. The predicted octanol–water partition coefficient (Wildman–Crippen LogP) is 2.43. The van der Waals surface area contributed by atoms with E-state index in [4.69, 9.17) is 22.1 Å². The number of halogens is 1. The predicted molar refractivity (Wildman–Crippen MR) is 84.8 cm³/mol. The van der Waals surface area contributed by atoms with Crippen molar-refractivity contribution in [3.63, 3.8) is 0 Å². The minimum atomic E-state index is -0.382. The number of aromatic nitrogens is 3. The zero-order chi connectivity index (χ0) is 16.3. The first-order valence-electron chi connectivity index (χ1n) is 7.04. The number of rotatable bonds is 5. The zero-order valence-electron chi connectivity index (χ0n) is 12.8. The molecule has 1 atom stereocenters. The number of carbonyl (C=O) groups is 1. The summed E-state index contributed by atoms with van der Waals surface area (Å²) in [5, 5.41) is 0.165. The molecule has 2 aromatic rings. The van der Waals surface area contributed by atoms with Gasteiger partial charge < -0.3 is 15.0 Å². The third-order valence-electron chi connectivity index (χ3n) is 3.08. The monoisotopic (exact) mass is 322 g/mol. The van der Waals surface area contributed by atoms with Crippen LogP contribution in [0, 0.1) is 6.92 Å². The fraction of sp³-hybridized carbons (Fsp3) is 0.400. The normalized spacial score (nSPS) is 12.2. The van der Waals surface area contributed by atoms with Gasteiger partial charge in [0.15, 0.2) is 0 Å². The molecule has 22 heavy (non-hydrogen) atoms. The molecule has 0 radical (unpaired) electrons. The lowest BCUT2D eigenvalue weighted by Crippen LogP contribution is -2.24. The molecule has 118 valence electrons. The summed E-state index contributed by atoms with van der Waals surface area (Å²) in [4.78, 5) is 20.3. The minimum absolute atomic E-state index is 0.0940. The molecule has 0 saturated heterocycles. The molecule has 0 aliphatic carbocycles. The van der Waals surface area contributed by atoms with Crippen molar-refractivity contribution in [1.82, 2.24) is 14.5 Å². The number of esters is 1. The standard InChI is InChI=1S/C15H19ClN4O2/c1-4-22-14(21)12-5-11(8-20(12)7-10(3)17)13-9(2)6-18-15(16)19-13/h5-6,8,10H,4,7,17H2,1-3H3. The van der Waals surface area contributed by atoms with Crippen LogP contribution in [0.1, 0.15) is 29.9 Å². The Balaban J connectivity index is 2.49. The van der Waals surface area contributed by atoms with E-state index in [1.165, 1.54) is 0 Å². The van der Waals surface area contributed by atoms with Crippen LogP contribution in [0.3, 0.4) is 0 Å². The van der Waals surface area contributed by atoms with E-state index in [0.29, 0.717) is 24.5 Å². The fourth-order valence-electron chi connectivity index (χ4n) is 2.19. The summed E-state index contributed by atoms with van der Waals surface area (Å²) < 4.78 is 6.88. The van der Waals surface area contributed by atoms with Crippen LogP contribution in [0.5, 0.6) is 0 Å². The molecule has 0 bridgehead atoms. The van der Waals surface area contributed by atoms with Crippen molar-refractivity contribution in [3.8, 4) is 11.3 Å². The first-order valence-corrected chi connectivity index (χ1v) is 7.42. The van der Waals surface area contributed by atoms with Crippen molar-refractivity contribution in [2.45, 2.75) is 33.4 Å². The molecular formula is C15H19ClN4O2. The van der Waals surface area contributed by atoms with Gasteiger partial charge in [-0.2, -0.15) is 0 Å².